The van der Waals surface area contributed by atoms with Crippen molar-refractivity contribution in [2.45, 2.75) is 26.9 Å². The zero-order chi connectivity index (χ0) is 21.3. The molecule has 2 aromatic heterocycles. The Balaban J connectivity index is 1.71. The topological polar surface area (TPSA) is 77.6 Å². The highest BCUT2D eigenvalue weighted by molar-refractivity contribution is 5.94. The number of methoxy groups -OCH3 is 1. The molecule has 0 spiro atoms. The second kappa shape index (κ2) is 8.12. The van der Waals surface area contributed by atoms with Crippen molar-refractivity contribution in [2.24, 2.45) is 0 Å². The number of carbonyl (C=O) groups excluding carboxylic acids is 1. The van der Waals surface area contributed by atoms with Gasteiger partial charge >= 0.3 is 0 Å². The molecule has 0 saturated heterocycles. The van der Waals surface area contributed by atoms with Crippen LogP contribution in [-0.4, -0.2) is 33.8 Å². The number of nitrogens with one attached hydrogen (secondary N) is 1. The Morgan fingerprint density at radius 1 is 1.07 bits per heavy atom. The predicted octanol–water partition coefficient (Wildman–Crippen LogP) is 2.84. The molecule has 0 radical (unpaired) electrons. The molecule has 0 aliphatic rings. The maximum atomic E-state index is 13.1. The van der Waals surface area contributed by atoms with Crippen molar-refractivity contribution in [3.8, 4) is 0 Å². The Morgan fingerprint density at radius 3 is 2.60 bits per heavy atom. The molecule has 4 rings (SSSR count). The average molecular weight is 404 g/mol. The van der Waals surface area contributed by atoms with Crippen LogP contribution in [0.2, 0.25) is 0 Å². The first-order chi connectivity index (χ1) is 14.5. The fourth-order valence-corrected chi connectivity index (χ4v) is 3.61. The number of hydrogen-bond acceptors (Lipinski definition) is 4. The standard InChI is InChI=1S/C23H24N4O3/c1-15-8-9-16(2)17(12-15)14-24-22(28)18-13-21-23(29)26(10-11-30-3)19-6-4-5-7-20(19)27(21)25-18/h4-9,12-13H,10-11,14H2,1-3H3,(H,24,28). The molecular formula is C23H24N4O3. The van der Waals surface area contributed by atoms with Crippen molar-refractivity contribution in [2.75, 3.05) is 13.7 Å². The number of nitrogens with zero attached hydrogens (tertiary/aromatic N) is 3. The highest BCUT2D eigenvalue weighted by Crippen LogP contribution is 2.16. The number of aryl methyl sites for hydroxylation is 2. The Hall–Kier alpha value is -3.45. The molecule has 1 amide bonds. The van der Waals surface area contributed by atoms with Crippen molar-refractivity contribution in [3.05, 3.63) is 81.3 Å². The first kappa shape index (κ1) is 19.8. The Kier molecular flexibility index (Phi) is 5.37. The van der Waals surface area contributed by atoms with Gasteiger partial charge < -0.3 is 14.6 Å². The van der Waals surface area contributed by atoms with Gasteiger partial charge in [0.2, 0.25) is 0 Å². The van der Waals surface area contributed by atoms with Gasteiger partial charge in [0.1, 0.15) is 5.52 Å². The lowest BCUT2D eigenvalue weighted by molar-refractivity contribution is 0.0945. The Labute approximate surface area is 173 Å². The number of para-hydroxylation sites is 2. The lowest BCUT2D eigenvalue weighted by atomic mass is 10.1. The number of benzene rings is 2. The lowest BCUT2D eigenvalue weighted by Gasteiger charge is -2.11. The van der Waals surface area contributed by atoms with E-state index in [2.05, 4.69) is 16.5 Å². The quantitative estimate of drug-likeness (QED) is 0.536. The summed E-state index contributed by atoms with van der Waals surface area (Å²) < 4.78 is 8.36. The van der Waals surface area contributed by atoms with E-state index in [0.717, 1.165) is 27.7 Å². The van der Waals surface area contributed by atoms with Gasteiger partial charge in [0.05, 0.1) is 17.6 Å². The van der Waals surface area contributed by atoms with E-state index in [-0.39, 0.29) is 17.2 Å². The number of amides is 1. The predicted molar refractivity (Wildman–Crippen MR) is 116 cm³/mol. The fraction of sp³-hybridized carbons (Fsp3) is 0.261. The molecule has 0 saturated carbocycles. The minimum Gasteiger partial charge on any atom is -0.383 e. The molecule has 2 heterocycles. The van der Waals surface area contributed by atoms with Gasteiger partial charge in [-0.05, 0) is 37.1 Å². The summed E-state index contributed by atoms with van der Waals surface area (Å²) >= 11 is 0. The minimum absolute atomic E-state index is 0.202. The van der Waals surface area contributed by atoms with Crippen LogP contribution >= 0.6 is 0 Å². The Morgan fingerprint density at radius 2 is 1.83 bits per heavy atom. The van der Waals surface area contributed by atoms with E-state index >= 15 is 0 Å². The maximum absolute atomic E-state index is 13.1. The van der Waals surface area contributed by atoms with Crippen LogP contribution < -0.4 is 10.9 Å². The molecule has 0 atom stereocenters. The molecule has 0 aliphatic heterocycles. The number of carbonyl (C=O) groups is 1. The van der Waals surface area contributed by atoms with Gasteiger partial charge in [-0.25, -0.2) is 4.52 Å². The highest BCUT2D eigenvalue weighted by Gasteiger charge is 2.17. The van der Waals surface area contributed by atoms with E-state index in [1.807, 2.05) is 50.2 Å². The molecule has 0 unspecified atom stereocenters. The third-order valence-electron chi connectivity index (χ3n) is 5.27. The third-order valence-corrected chi connectivity index (χ3v) is 5.27. The van der Waals surface area contributed by atoms with Crippen molar-refractivity contribution in [1.82, 2.24) is 19.5 Å². The van der Waals surface area contributed by atoms with Crippen LogP contribution in [0.3, 0.4) is 0 Å². The molecule has 0 aliphatic carbocycles. The van der Waals surface area contributed by atoms with E-state index in [1.165, 1.54) is 0 Å². The van der Waals surface area contributed by atoms with Gasteiger partial charge in [0.15, 0.2) is 5.69 Å². The summed E-state index contributed by atoms with van der Waals surface area (Å²) in [6.07, 6.45) is 0. The number of ether oxygens (including phenoxy) is 1. The number of fused-ring (bicyclic) bond motifs is 3. The summed E-state index contributed by atoms with van der Waals surface area (Å²) in [5.74, 6) is -0.313. The van der Waals surface area contributed by atoms with Gasteiger partial charge in [0.25, 0.3) is 11.5 Å². The molecule has 30 heavy (non-hydrogen) atoms. The van der Waals surface area contributed by atoms with Crippen molar-refractivity contribution >= 4 is 22.5 Å². The first-order valence-electron chi connectivity index (χ1n) is 9.84. The smallest absolute Gasteiger partial charge is 0.277 e. The molecule has 4 aromatic rings. The Bertz CT molecular complexity index is 1300. The van der Waals surface area contributed by atoms with E-state index in [1.54, 1.807) is 22.3 Å². The normalized spacial score (nSPS) is 11.3. The van der Waals surface area contributed by atoms with Crippen LogP contribution in [0.1, 0.15) is 27.2 Å². The van der Waals surface area contributed by atoms with Crippen LogP contribution in [0.25, 0.3) is 16.6 Å². The summed E-state index contributed by atoms with van der Waals surface area (Å²) in [6, 6.07) is 15.2. The van der Waals surface area contributed by atoms with Gasteiger partial charge in [-0.2, -0.15) is 5.10 Å². The van der Waals surface area contributed by atoms with Gasteiger partial charge in [-0.15, -0.1) is 0 Å². The zero-order valence-electron chi connectivity index (χ0n) is 17.3. The van der Waals surface area contributed by atoms with Gasteiger partial charge in [-0.1, -0.05) is 35.9 Å². The van der Waals surface area contributed by atoms with E-state index in [4.69, 9.17) is 4.74 Å². The molecular weight excluding hydrogens is 380 g/mol. The second-order valence-corrected chi connectivity index (χ2v) is 7.38. The molecule has 0 fully saturated rings. The minimum atomic E-state index is -0.313. The fourth-order valence-electron chi connectivity index (χ4n) is 3.61. The van der Waals surface area contributed by atoms with E-state index < -0.39 is 0 Å². The maximum Gasteiger partial charge on any atom is 0.277 e. The van der Waals surface area contributed by atoms with Gasteiger partial charge in [-0.3, -0.25) is 9.59 Å². The van der Waals surface area contributed by atoms with E-state index in [0.29, 0.717) is 25.2 Å². The first-order valence-corrected chi connectivity index (χ1v) is 9.84. The molecule has 2 aromatic carbocycles. The summed E-state index contributed by atoms with van der Waals surface area (Å²) in [5, 5.41) is 7.35. The van der Waals surface area contributed by atoms with Crippen LogP contribution in [0, 0.1) is 13.8 Å². The summed E-state index contributed by atoms with van der Waals surface area (Å²) in [4.78, 5) is 25.8. The number of aromatic nitrogens is 3. The van der Waals surface area contributed by atoms with Crippen molar-refractivity contribution in [3.63, 3.8) is 0 Å². The number of hydrogen-bond donors (Lipinski definition) is 1. The van der Waals surface area contributed by atoms with Crippen LogP contribution in [0.15, 0.2) is 53.3 Å². The molecule has 7 heteroatoms. The van der Waals surface area contributed by atoms with E-state index in [9.17, 15) is 9.59 Å². The summed E-state index contributed by atoms with van der Waals surface area (Å²) in [6.45, 7) is 5.27. The third kappa shape index (κ3) is 3.59. The largest absolute Gasteiger partial charge is 0.383 e. The summed E-state index contributed by atoms with van der Waals surface area (Å²) in [5.41, 5.74) is 5.19. The highest BCUT2D eigenvalue weighted by atomic mass is 16.5. The van der Waals surface area contributed by atoms with Crippen LogP contribution in [0.4, 0.5) is 0 Å². The van der Waals surface area contributed by atoms with Gasteiger partial charge in [0, 0.05) is 26.3 Å². The van der Waals surface area contributed by atoms with Crippen LogP contribution in [0.5, 0.6) is 0 Å². The van der Waals surface area contributed by atoms with Crippen molar-refractivity contribution in [1.29, 1.82) is 0 Å². The lowest BCUT2D eigenvalue weighted by Crippen LogP contribution is -2.24. The molecule has 7 nitrogen and oxygen atoms in total. The molecule has 1 N–H and O–H groups in total. The second-order valence-electron chi connectivity index (χ2n) is 7.38. The zero-order valence-corrected chi connectivity index (χ0v) is 17.3. The number of rotatable bonds is 6. The summed E-state index contributed by atoms with van der Waals surface area (Å²) in [7, 11) is 1.60. The average Bonchev–Trinajstić information content (AvgIpc) is 3.20. The van der Waals surface area contributed by atoms with Crippen molar-refractivity contribution < 1.29 is 9.53 Å². The monoisotopic (exact) mass is 404 g/mol. The SMILES string of the molecule is COCCn1c(=O)c2cc(C(=O)NCc3cc(C)ccc3C)nn2c2ccccc21. The molecule has 154 valence electrons. The van der Waals surface area contributed by atoms with Crippen LogP contribution in [-0.2, 0) is 17.8 Å². The molecule has 0 bridgehead atoms.